The molecule has 0 aromatic heterocycles. The number of ketones is 1. The van der Waals surface area contributed by atoms with E-state index in [1.165, 1.54) is 11.6 Å². The van der Waals surface area contributed by atoms with Crippen molar-refractivity contribution in [1.29, 1.82) is 0 Å². The predicted octanol–water partition coefficient (Wildman–Crippen LogP) is 6.38. The second-order valence-corrected chi connectivity index (χ2v) is 7.49. The fourth-order valence-electron chi connectivity index (χ4n) is 3.35. The van der Waals surface area contributed by atoms with Gasteiger partial charge in [0, 0.05) is 29.6 Å². The van der Waals surface area contributed by atoms with Gasteiger partial charge in [-0.05, 0) is 72.5 Å². The lowest BCUT2D eigenvalue weighted by molar-refractivity contribution is -0.139. The molecule has 0 aliphatic rings. The Labute approximate surface area is 189 Å². The molecule has 0 saturated carbocycles. The van der Waals surface area contributed by atoms with Gasteiger partial charge in [0.15, 0.2) is 5.78 Å². The normalized spacial score (nSPS) is 10.3. The maximum absolute atomic E-state index is 11.5. The number of hydrogen-bond acceptors (Lipinski definition) is 4. The van der Waals surface area contributed by atoms with Crippen LogP contribution in [0.25, 0.3) is 0 Å². The molecule has 0 amide bonds. The van der Waals surface area contributed by atoms with Gasteiger partial charge in [0.2, 0.25) is 0 Å². The molecule has 0 fully saturated rings. The van der Waals surface area contributed by atoms with E-state index in [4.69, 9.17) is 4.74 Å². The Kier molecular flexibility index (Phi) is 7.76. The van der Waals surface area contributed by atoms with Gasteiger partial charge in [-0.15, -0.1) is 0 Å². The van der Waals surface area contributed by atoms with Crippen LogP contribution in [0.15, 0.2) is 98.1 Å². The first-order chi connectivity index (χ1) is 15.5. The summed E-state index contributed by atoms with van der Waals surface area (Å²) in [5.41, 5.74) is 6.22. The Balaban J connectivity index is 1.88. The Morgan fingerprint density at radius 2 is 1.47 bits per heavy atom. The Morgan fingerprint density at radius 3 is 2.03 bits per heavy atom. The molecular weight excluding hydrogens is 398 g/mol. The highest BCUT2D eigenvalue weighted by Gasteiger charge is 2.13. The summed E-state index contributed by atoms with van der Waals surface area (Å²) in [5.74, 6) is -0.389. The summed E-state index contributed by atoms with van der Waals surface area (Å²) in [4.78, 5) is 25.0. The SMILES string of the molecule is C=CC(=O)CCc1ccc(N(c2ccc(COC(=O)C=C)cc2)c2cccc(C)c2)cc1. The van der Waals surface area contributed by atoms with E-state index >= 15 is 0 Å². The van der Waals surface area contributed by atoms with Crippen molar-refractivity contribution in [2.24, 2.45) is 0 Å². The lowest BCUT2D eigenvalue weighted by Crippen LogP contribution is -2.10. The van der Waals surface area contributed by atoms with E-state index < -0.39 is 5.97 Å². The highest BCUT2D eigenvalue weighted by Crippen LogP contribution is 2.35. The van der Waals surface area contributed by atoms with Crippen LogP contribution in [0.1, 0.15) is 23.1 Å². The summed E-state index contributed by atoms with van der Waals surface area (Å²) in [7, 11) is 0. The molecule has 0 saturated heterocycles. The van der Waals surface area contributed by atoms with Gasteiger partial charge in [-0.1, -0.05) is 49.6 Å². The smallest absolute Gasteiger partial charge is 0.330 e. The zero-order chi connectivity index (χ0) is 22.9. The maximum Gasteiger partial charge on any atom is 0.330 e. The molecule has 32 heavy (non-hydrogen) atoms. The molecule has 0 unspecified atom stereocenters. The van der Waals surface area contributed by atoms with Crippen molar-refractivity contribution in [3.05, 3.63) is 115 Å². The number of hydrogen-bond donors (Lipinski definition) is 0. The summed E-state index contributed by atoms with van der Waals surface area (Å²) in [6, 6.07) is 24.5. The molecular formula is C28H27NO3. The third kappa shape index (κ3) is 6.05. The number of ether oxygens (including phenoxy) is 1. The zero-order valence-corrected chi connectivity index (χ0v) is 18.3. The average Bonchev–Trinajstić information content (AvgIpc) is 2.82. The second-order valence-electron chi connectivity index (χ2n) is 7.49. The number of esters is 1. The average molecular weight is 426 g/mol. The highest BCUT2D eigenvalue weighted by molar-refractivity contribution is 5.89. The number of carbonyl (C=O) groups excluding carboxylic acids is 2. The van der Waals surface area contributed by atoms with Crippen LogP contribution in [-0.2, 0) is 27.4 Å². The minimum atomic E-state index is -0.439. The van der Waals surface area contributed by atoms with E-state index in [0.717, 1.165) is 34.3 Å². The summed E-state index contributed by atoms with van der Waals surface area (Å²) in [6.45, 7) is 9.21. The first-order valence-electron chi connectivity index (χ1n) is 10.5. The molecule has 0 N–H and O–H groups in total. The Bertz CT molecular complexity index is 1030. The number of nitrogens with zero attached hydrogens (tertiary/aromatic N) is 1. The molecule has 4 nitrogen and oxygen atoms in total. The lowest BCUT2D eigenvalue weighted by atomic mass is 10.1. The fraction of sp³-hybridized carbons (Fsp3) is 0.143. The summed E-state index contributed by atoms with van der Waals surface area (Å²) >= 11 is 0. The first-order valence-corrected chi connectivity index (χ1v) is 10.5. The molecule has 0 radical (unpaired) electrons. The van der Waals surface area contributed by atoms with Gasteiger partial charge in [-0.25, -0.2) is 4.79 Å². The monoisotopic (exact) mass is 425 g/mol. The van der Waals surface area contributed by atoms with E-state index in [0.29, 0.717) is 12.8 Å². The van der Waals surface area contributed by atoms with Gasteiger partial charge in [0.25, 0.3) is 0 Å². The molecule has 0 heterocycles. The molecule has 0 atom stereocenters. The van der Waals surface area contributed by atoms with Crippen molar-refractivity contribution in [3.8, 4) is 0 Å². The third-order valence-electron chi connectivity index (χ3n) is 5.08. The predicted molar refractivity (Wildman–Crippen MR) is 129 cm³/mol. The molecule has 0 spiro atoms. The van der Waals surface area contributed by atoms with Crippen molar-refractivity contribution in [2.75, 3.05) is 4.90 Å². The van der Waals surface area contributed by atoms with Crippen molar-refractivity contribution in [1.82, 2.24) is 0 Å². The van der Waals surface area contributed by atoms with Gasteiger partial charge in [-0.2, -0.15) is 0 Å². The standard InChI is InChI=1S/C28H27NO3/c1-4-27(30)18-13-22-9-14-24(15-10-22)29(26-8-6-7-21(3)19-26)25-16-11-23(12-17-25)20-32-28(31)5-2/h4-12,14-17,19H,1-2,13,18,20H2,3H3. The third-order valence-corrected chi connectivity index (χ3v) is 5.08. The number of aryl methyl sites for hydroxylation is 2. The molecule has 0 aliphatic carbocycles. The van der Waals surface area contributed by atoms with Crippen LogP contribution < -0.4 is 4.90 Å². The van der Waals surface area contributed by atoms with E-state index in [1.807, 2.05) is 30.3 Å². The quantitative estimate of drug-likeness (QED) is 0.279. The topological polar surface area (TPSA) is 46.6 Å². The van der Waals surface area contributed by atoms with E-state index in [9.17, 15) is 9.59 Å². The lowest BCUT2D eigenvalue weighted by Gasteiger charge is -2.26. The molecule has 0 aliphatic heterocycles. The molecule has 3 aromatic rings. The molecule has 3 aromatic carbocycles. The van der Waals surface area contributed by atoms with Gasteiger partial charge in [0.05, 0.1) is 0 Å². The number of benzene rings is 3. The highest BCUT2D eigenvalue weighted by atomic mass is 16.5. The van der Waals surface area contributed by atoms with Gasteiger partial charge >= 0.3 is 5.97 Å². The van der Waals surface area contributed by atoms with Crippen molar-refractivity contribution >= 4 is 28.8 Å². The van der Waals surface area contributed by atoms with Crippen LogP contribution in [0, 0.1) is 6.92 Å². The molecule has 3 rings (SSSR count). The number of rotatable bonds is 10. The number of carbonyl (C=O) groups is 2. The number of anilines is 3. The minimum absolute atomic E-state index is 0.0503. The van der Waals surface area contributed by atoms with Crippen LogP contribution in [-0.4, -0.2) is 11.8 Å². The minimum Gasteiger partial charge on any atom is -0.458 e. The maximum atomic E-state index is 11.5. The summed E-state index contributed by atoms with van der Waals surface area (Å²) < 4.78 is 5.12. The van der Waals surface area contributed by atoms with Gasteiger partial charge < -0.3 is 9.64 Å². The van der Waals surface area contributed by atoms with Crippen molar-refractivity contribution in [2.45, 2.75) is 26.4 Å². The van der Waals surface area contributed by atoms with E-state index in [2.05, 4.69) is 67.4 Å². The van der Waals surface area contributed by atoms with Gasteiger partial charge in [0.1, 0.15) is 6.61 Å². The van der Waals surface area contributed by atoms with Crippen LogP contribution in [0.3, 0.4) is 0 Å². The Morgan fingerprint density at radius 1 is 0.844 bits per heavy atom. The second kappa shape index (κ2) is 10.9. The zero-order valence-electron chi connectivity index (χ0n) is 18.3. The fourth-order valence-corrected chi connectivity index (χ4v) is 3.35. The van der Waals surface area contributed by atoms with Crippen molar-refractivity contribution < 1.29 is 14.3 Å². The molecule has 162 valence electrons. The first kappa shape index (κ1) is 22.8. The largest absolute Gasteiger partial charge is 0.458 e. The number of allylic oxidation sites excluding steroid dienone is 1. The molecule has 4 heteroatoms. The van der Waals surface area contributed by atoms with Crippen LogP contribution >= 0.6 is 0 Å². The van der Waals surface area contributed by atoms with Crippen molar-refractivity contribution in [3.63, 3.8) is 0 Å². The summed E-state index contributed by atoms with van der Waals surface area (Å²) in [5, 5.41) is 0. The Hall–Kier alpha value is -3.92. The van der Waals surface area contributed by atoms with Crippen LogP contribution in [0.2, 0.25) is 0 Å². The van der Waals surface area contributed by atoms with E-state index in [1.54, 1.807) is 0 Å². The summed E-state index contributed by atoms with van der Waals surface area (Å²) in [6.07, 6.45) is 3.68. The van der Waals surface area contributed by atoms with Crippen LogP contribution in [0.5, 0.6) is 0 Å². The molecule has 0 bridgehead atoms. The van der Waals surface area contributed by atoms with Gasteiger partial charge in [-0.3, -0.25) is 4.79 Å². The van der Waals surface area contributed by atoms with E-state index in [-0.39, 0.29) is 12.4 Å². The van der Waals surface area contributed by atoms with Crippen LogP contribution in [0.4, 0.5) is 17.1 Å².